The van der Waals surface area contributed by atoms with Crippen LogP contribution in [0.4, 0.5) is 4.39 Å². The van der Waals surface area contributed by atoms with Crippen molar-refractivity contribution in [2.45, 2.75) is 12.8 Å². The van der Waals surface area contributed by atoms with Crippen molar-refractivity contribution in [1.82, 2.24) is 0 Å². The lowest BCUT2D eigenvalue weighted by Crippen LogP contribution is -2.17. The second-order valence-electron chi connectivity index (χ2n) is 3.40. The number of rotatable bonds is 4. The average molecular weight is 197 g/mol. The molecule has 0 aliphatic heterocycles. The number of hydrogen-bond acceptors (Lipinski definition) is 2. The van der Waals surface area contributed by atoms with E-state index in [1.165, 1.54) is 6.07 Å². The highest BCUT2D eigenvalue weighted by Crippen LogP contribution is 2.18. The molecule has 1 aromatic rings. The van der Waals surface area contributed by atoms with Gasteiger partial charge in [0, 0.05) is 19.6 Å². The fourth-order valence-corrected chi connectivity index (χ4v) is 1.42. The second kappa shape index (κ2) is 5.08. The van der Waals surface area contributed by atoms with Gasteiger partial charge in [0.1, 0.15) is 5.82 Å². The van der Waals surface area contributed by atoms with Gasteiger partial charge in [0.25, 0.3) is 0 Å². The van der Waals surface area contributed by atoms with Crippen molar-refractivity contribution in [2.75, 3.05) is 20.3 Å². The van der Waals surface area contributed by atoms with Gasteiger partial charge in [-0.25, -0.2) is 4.39 Å². The number of aryl methyl sites for hydroxylation is 1. The summed E-state index contributed by atoms with van der Waals surface area (Å²) in [6.07, 6.45) is 0. The molecule has 78 valence electrons. The molecule has 0 heterocycles. The maximum absolute atomic E-state index is 13.0. The van der Waals surface area contributed by atoms with Crippen molar-refractivity contribution in [3.63, 3.8) is 0 Å². The van der Waals surface area contributed by atoms with E-state index in [2.05, 4.69) is 0 Å². The van der Waals surface area contributed by atoms with Gasteiger partial charge >= 0.3 is 0 Å². The van der Waals surface area contributed by atoms with Crippen LogP contribution in [0.15, 0.2) is 18.2 Å². The van der Waals surface area contributed by atoms with Crippen LogP contribution < -0.4 is 5.73 Å². The number of benzene rings is 1. The van der Waals surface area contributed by atoms with Crippen molar-refractivity contribution in [2.24, 2.45) is 5.73 Å². The van der Waals surface area contributed by atoms with Gasteiger partial charge in [0.15, 0.2) is 0 Å². The maximum atomic E-state index is 13.0. The molecule has 14 heavy (non-hydrogen) atoms. The van der Waals surface area contributed by atoms with E-state index in [1.807, 2.05) is 6.07 Å². The zero-order chi connectivity index (χ0) is 10.6. The van der Waals surface area contributed by atoms with Gasteiger partial charge in [-0.15, -0.1) is 0 Å². The van der Waals surface area contributed by atoms with E-state index in [1.54, 1.807) is 20.1 Å². The molecular formula is C11H16FNO. The molecule has 1 atom stereocenters. The molecule has 3 heteroatoms. The normalized spacial score (nSPS) is 12.9. The zero-order valence-corrected chi connectivity index (χ0v) is 8.59. The number of halogens is 1. The zero-order valence-electron chi connectivity index (χ0n) is 8.59. The first kappa shape index (κ1) is 11.1. The Labute approximate surface area is 83.9 Å². The Morgan fingerprint density at radius 3 is 2.71 bits per heavy atom. The van der Waals surface area contributed by atoms with E-state index in [9.17, 15) is 4.39 Å². The van der Waals surface area contributed by atoms with Crippen LogP contribution in [0.25, 0.3) is 0 Å². The van der Waals surface area contributed by atoms with Crippen molar-refractivity contribution in [3.05, 3.63) is 35.1 Å². The molecule has 0 aliphatic rings. The Bertz CT molecular complexity index is 301. The summed E-state index contributed by atoms with van der Waals surface area (Å²) in [5.74, 6) is -0.0266. The Morgan fingerprint density at radius 2 is 2.21 bits per heavy atom. The summed E-state index contributed by atoms with van der Waals surface area (Å²) in [5, 5.41) is 0. The summed E-state index contributed by atoms with van der Waals surface area (Å²) in [4.78, 5) is 0. The molecule has 1 aromatic carbocycles. The Hall–Kier alpha value is -0.930. The fraction of sp³-hybridized carbons (Fsp3) is 0.455. The van der Waals surface area contributed by atoms with Crippen molar-refractivity contribution < 1.29 is 9.13 Å². The van der Waals surface area contributed by atoms with Gasteiger partial charge in [-0.2, -0.15) is 0 Å². The maximum Gasteiger partial charge on any atom is 0.126 e. The highest BCUT2D eigenvalue weighted by atomic mass is 19.1. The third kappa shape index (κ3) is 2.53. The molecule has 0 saturated carbocycles. The summed E-state index contributed by atoms with van der Waals surface area (Å²) in [6.45, 7) is 2.83. The van der Waals surface area contributed by atoms with Gasteiger partial charge in [-0.3, -0.25) is 0 Å². The lowest BCUT2D eigenvalue weighted by atomic mass is 9.98. The lowest BCUT2D eigenvalue weighted by Gasteiger charge is -2.14. The van der Waals surface area contributed by atoms with Crippen molar-refractivity contribution in [1.29, 1.82) is 0 Å². The third-order valence-corrected chi connectivity index (χ3v) is 2.31. The SMILES string of the molecule is COCC(CN)c1ccc(F)c(C)c1. The molecule has 2 N–H and O–H groups in total. The summed E-state index contributed by atoms with van der Waals surface area (Å²) in [6, 6.07) is 5.06. The topological polar surface area (TPSA) is 35.2 Å². The molecule has 0 saturated heterocycles. The molecule has 1 rings (SSSR count). The minimum absolute atomic E-state index is 0.152. The minimum atomic E-state index is -0.179. The van der Waals surface area contributed by atoms with E-state index in [4.69, 9.17) is 10.5 Å². The second-order valence-corrected chi connectivity index (χ2v) is 3.40. The average Bonchev–Trinajstić information content (AvgIpc) is 2.19. The summed E-state index contributed by atoms with van der Waals surface area (Å²) >= 11 is 0. The van der Waals surface area contributed by atoms with Crippen LogP contribution in [0.1, 0.15) is 17.0 Å². The number of ether oxygens (including phenoxy) is 1. The third-order valence-electron chi connectivity index (χ3n) is 2.31. The first-order valence-electron chi connectivity index (χ1n) is 4.64. The quantitative estimate of drug-likeness (QED) is 0.799. The minimum Gasteiger partial charge on any atom is -0.384 e. The van der Waals surface area contributed by atoms with Gasteiger partial charge in [0.05, 0.1) is 6.61 Å². The summed E-state index contributed by atoms with van der Waals surface area (Å²) in [5.41, 5.74) is 7.29. The molecule has 1 unspecified atom stereocenters. The standard InChI is InChI=1S/C11H16FNO/c1-8-5-9(3-4-11(8)12)10(6-13)7-14-2/h3-5,10H,6-7,13H2,1-2H3. The molecule has 0 bridgehead atoms. The van der Waals surface area contributed by atoms with Crippen LogP contribution in [-0.2, 0) is 4.74 Å². The lowest BCUT2D eigenvalue weighted by molar-refractivity contribution is 0.181. The predicted molar refractivity (Wildman–Crippen MR) is 54.8 cm³/mol. The van der Waals surface area contributed by atoms with Crippen LogP contribution in [0.5, 0.6) is 0 Å². The molecule has 0 amide bonds. The Morgan fingerprint density at radius 1 is 1.50 bits per heavy atom. The van der Waals surface area contributed by atoms with E-state index < -0.39 is 0 Å². The molecule has 2 nitrogen and oxygen atoms in total. The van der Waals surface area contributed by atoms with Gasteiger partial charge in [-0.05, 0) is 24.1 Å². The van der Waals surface area contributed by atoms with Crippen LogP contribution in [-0.4, -0.2) is 20.3 Å². The predicted octanol–water partition coefficient (Wildman–Crippen LogP) is 1.82. The van der Waals surface area contributed by atoms with E-state index in [0.29, 0.717) is 18.7 Å². The molecule has 0 spiro atoms. The van der Waals surface area contributed by atoms with Gasteiger partial charge in [0.2, 0.25) is 0 Å². The van der Waals surface area contributed by atoms with Crippen molar-refractivity contribution in [3.8, 4) is 0 Å². The number of nitrogens with two attached hydrogens (primary N) is 1. The summed E-state index contributed by atoms with van der Waals surface area (Å²) in [7, 11) is 1.64. The molecule has 0 aromatic heterocycles. The molecule has 0 aliphatic carbocycles. The summed E-state index contributed by atoms with van der Waals surface area (Å²) < 4.78 is 18.0. The molecule has 0 fully saturated rings. The number of hydrogen-bond donors (Lipinski definition) is 1. The Kier molecular flexibility index (Phi) is 4.04. The largest absolute Gasteiger partial charge is 0.384 e. The fourth-order valence-electron chi connectivity index (χ4n) is 1.42. The van der Waals surface area contributed by atoms with Crippen LogP contribution in [0.2, 0.25) is 0 Å². The van der Waals surface area contributed by atoms with E-state index in [-0.39, 0.29) is 11.7 Å². The van der Waals surface area contributed by atoms with Crippen LogP contribution in [0.3, 0.4) is 0 Å². The first-order chi connectivity index (χ1) is 6.69. The van der Waals surface area contributed by atoms with Crippen LogP contribution in [0, 0.1) is 12.7 Å². The van der Waals surface area contributed by atoms with Crippen molar-refractivity contribution >= 4 is 0 Å². The smallest absolute Gasteiger partial charge is 0.126 e. The molecular weight excluding hydrogens is 181 g/mol. The van der Waals surface area contributed by atoms with Gasteiger partial charge in [-0.1, -0.05) is 12.1 Å². The molecule has 0 radical (unpaired) electrons. The highest BCUT2D eigenvalue weighted by molar-refractivity contribution is 5.27. The van der Waals surface area contributed by atoms with Crippen LogP contribution >= 0.6 is 0 Å². The Balaban J connectivity index is 2.88. The first-order valence-corrected chi connectivity index (χ1v) is 4.64. The van der Waals surface area contributed by atoms with E-state index in [0.717, 1.165) is 5.56 Å². The number of methoxy groups -OCH3 is 1. The monoisotopic (exact) mass is 197 g/mol. The van der Waals surface area contributed by atoms with E-state index >= 15 is 0 Å². The highest BCUT2D eigenvalue weighted by Gasteiger charge is 2.10. The van der Waals surface area contributed by atoms with Gasteiger partial charge < -0.3 is 10.5 Å².